The zero-order chi connectivity index (χ0) is 29.4. The Morgan fingerprint density at radius 2 is 1.68 bits per heavy atom. The second kappa shape index (κ2) is 13.3. The summed E-state index contributed by atoms with van der Waals surface area (Å²) in [4.78, 5) is 28.7. The van der Waals surface area contributed by atoms with Gasteiger partial charge in [-0.15, -0.1) is 0 Å². The summed E-state index contributed by atoms with van der Waals surface area (Å²) in [6.45, 7) is 7.28. The molecule has 2 heterocycles. The molecule has 214 valence electrons. The Labute approximate surface area is 242 Å². The number of allylic oxidation sites excluding steroid dienone is 1. The van der Waals surface area contributed by atoms with Gasteiger partial charge in [-0.25, -0.2) is 0 Å². The van der Waals surface area contributed by atoms with E-state index in [2.05, 4.69) is 61.4 Å². The number of hydrazone groups is 1. The molecule has 4 rings (SSSR count). The largest absolute Gasteiger partial charge is 0.508 e. The summed E-state index contributed by atoms with van der Waals surface area (Å²) >= 11 is 0. The molecule has 0 bridgehead atoms. The second-order valence-corrected chi connectivity index (χ2v) is 11.5. The molecule has 41 heavy (non-hydrogen) atoms. The van der Waals surface area contributed by atoms with E-state index < -0.39 is 11.9 Å². The number of hydrogen-bond donors (Lipinski definition) is 3. The number of nitrogens with zero attached hydrogens (tertiary/aromatic N) is 3. The zero-order valence-corrected chi connectivity index (χ0v) is 24.0. The van der Waals surface area contributed by atoms with E-state index in [-0.39, 0.29) is 23.5 Å². The molecule has 0 fully saturated rings. The van der Waals surface area contributed by atoms with Gasteiger partial charge in [-0.2, -0.15) is 5.10 Å². The van der Waals surface area contributed by atoms with Crippen LogP contribution < -0.4 is 16.1 Å². The van der Waals surface area contributed by atoms with Crippen LogP contribution in [0.15, 0.2) is 89.8 Å². The first kappa shape index (κ1) is 29.5. The van der Waals surface area contributed by atoms with E-state index in [4.69, 9.17) is 10.8 Å². The van der Waals surface area contributed by atoms with Crippen LogP contribution in [-0.4, -0.2) is 40.2 Å². The van der Waals surface area contributed by atoms with Crippen molar-refractivity contribution in [3.63, 3.8) is 0 Å². The summed E-state index contributed by atoms with van der Waals surface area (Å²) in [6, 6.07) is 18.2. The van der Waals surface area contributed by atoms with Gasteiger partial charge in [0.2, 0.25) is 11.8 Å². The van der Waals surface area contributed by atoms with E-state index in [0.717, 1.165) is 35.4 Å². The second-order valence-electron chi connectivity index (χ2n) is 11.5. The normalized spacial score (nSPS) is 14.2. The summed E-state index contributed by atoms with van der Waals surface area (Å²) in [5.41, 5.74) is 11.8. The van der Waals surface area contributed by atoms with Gasteiger partial charge in [0, 0.05) is 30.8 Å². The molecular formula is C33H39N5O3. The molecule has 0 aliphatic carbocycles. The molecule has 0 saturated carbocycles. The first-order chi connectivity index (χ1) is 19.6. The van der Waals surface area contributed by atoms with Crippen LogP contribution in [0.1, 0.15) is 63.1 Å². The van der Waals surface area contributed by atoms with Crippen LogP contribution in [0.5, 0.6) is 5.75 Å². The number of carbonyl (C=O) groups excluding carboxylic acids is 2. The monoisotopic (exact) mass is 553 g/mol. The summed E-state index contributed by atoms with van der Waals surface area (Å²) in [5.74, 6) is -0.649. The lowest BCUT2D eigenvalue weighted by Crippen LogP contribution is -2.45. The highest BCUT2D eigenvalue weighted by Crippen LogP contribution is 2.28. The SMILES string of the molecule is CC(C)(C)c1ccc(N2CC(CCCCC(=O)NC(Cc3ccc(O)cc3)C(N)=O)=CC(c3ccncc3)=N2)cc1. The average molecular weight is 554 g/mol. The summed E-state index contributed by atoms with van der Waals surface area (Å²) < 4.78 is 0. The number of pyridine rings is 1. The molecule has 0 spiro atoms. The minimum Gasteiger partial charge on any atom is -0.508 e. The first-order valence-corrected chi connectivity index (χ1v) is 14.0. The zero-order valence-electron chi connectivity index (χ0n) is 24.0. The Bertz CT molecular complexity index is 1390. The van der Waals surface area contributed by atoms with Gasteiger partial charge in [0.1, 0.15) is 11.8 Å². The van der Waals surface area contributed by atoms with Crippen LogP contribution >= 0.6 is 0 Å². The molecule has 8 nitrogen and oxygen atoms in total. The number of primary amides is 1. The molecular weight excluding hydrogens is 514 g/mol. The molecule has 1 atom stereocenters. The van der Waals surface area contributed by atoms with Crippen LogP contribution in [0.25, 0.3) is 0 Å². The maximum atomic E-state index is 12.6. The van der Waals surface area contributed by atoms with Gasteiger partial charge >= 0.3 is 0 Å². The predicted molar refractivity (Wildman–Crippen MR) is 163 cm³/mol. The molecule has 0 radical (unpaired) electrons. The molecule has 0 saturated heterocycles. The lowest BCUT2D eigenvalue weighted by atomic mass is 9.87. The fourth-order valence-electron chi connectivity index (χ4n) is 4.72. The van der Waals surface area contributed by atoms with Crippen molar-refractivity contribution in [2.24, 2.45) is 10.8 Å². The Balaban J connectivity index is 1.36. The third kappa shape index (κ3) is 8.51. The number of unbranched alkanes of at least 4 members (excludes halogenated alkanes) is 1. The Kier molecular flexibility index (Phi) is 9.55. The summed E-state index contributed by atoms with van der Waals surface area (Å²) in [7, 11) is 0. The molecule has 4 N–H and O–H groups in total. The van der Waals surface area contributed by atoms with E-state index in [1.54, 1.807) is 36.7 Å². The van der Waals surface area contributed by atoms with Crippen molar-refractivity contribution in [1.82, 2.24) is 10.3 Å². The van der Waals surface area contributed by atoms with Gasteiger partial charge in [-0.3, -0.25) is 19.6 Å². The standard InChI is InChI=1S/C33H39N5O3/c1-33(2,3)26-10-12-27(13-11-26)38-22-24(21-29(37-38)25-16-18-35-19-17-25)6-4-5-7-31(40)36-30(32(34)41)20-23-8-14-28(39)15-9-23/h8-19,21,30,39H,4-7,20,22H2,1-3H3,(H2,34,41)(H,36,40). The maximum absolute atomic E-state index is 12.6. The number of aromatic hydroxyl groups is 1. The number of nitrogens with one attached hydrogen (secondary N) is 1. The predicted octanol–water partition coefficient (Wildman–Crippen LogP) is 5.01. The first-order valence-electron chi connectivity index (χ1n) is 14.0. The van der Waals surface area contributed by atoms with E-state index in [0.29, 0.717) is 19.4 Å². The molecule has 3 aromatic rings. The van der Waals surface area contributed by atoms with E-state index in [1.165, 1.54) is 11.1 Å². The lowest BCUT2D eigenvalue weighted by Gasteiger charge is -2.27. The van der Waals surface area contributed by atoms with Gasteiger partial charge in [0.15, 0.2) is 0 Å². The van der Waals surface area contributed by atoms with Crippen molar-refractivity contribution in [2.45, 2.75) is 64.3 Å². The Morgan fingerprint density at radius 1 is 1.00 bits per heavy atom. The molecule has 2 aromatic carbocycles. The number of phenols is 1. The maximum Gasteiger partial charge on any atom is 0.240 e. The van der Waals surface area contributed by atoms with Crippen molar-refractivity contribution in [3.05, 3.63) is 101 Å². The van der Waals surface area contributed by atoms with Crippen LogP contribution in [0.2, 0.25) is 0 Å². The highest BCUT2D eigenvalue weighted by atomic mass is 16.3. The fraction of sp³-hybridized carbons (Fsp3) is 0.333. The van der Waals surface area contributed by atoms with Gasteiger partial charge in [0.25, 0.3) is 0 Å². The van der Waals surface area contributed by atoms with E-state index >= 15 is 0 Å². The number of rotatable bonds is 11. The molecule has 1 aromatic heterocycles. The van der Waals surface area contributed by atoms with Gasteiger partial charge in [-0.1, -0.05) is 45.0 Å². The van der Waals surface area contributed by atoms with Gasteiger partial charge in [0.05, 0.1) is 17.9 Å². The van der Waals surface area contributed by atoms with E-state index in [1.807, 2.05) is 17.1 Å². The number of benzene rings is 2. The number of nitrogens with two attached hydrogens (primary N) is 1. The lowest BCUT2D eigenvalue weighted by molar-refractivity contribution is -0.127. The molecule has 1 aliphatic rings. The number of aromatic nitrogens is 1. The third-order valence-corrected chi connectivity index (χ3v) is 7.14. The van der Waals surface area contributed by atoms with Gasteiger partial charge in [-0.05, 0) is 83.9 Å². The van der Waals surface area contributed by atoms with E-state index in [9.17, 15) is 14.7 Å². The summed E-state index contributed by atoms with van der Waals surface area (Å²) in [6.07, 6.45) is 8.56. The minimum absolute atomic E-state index is 0.0756. The smallest absolute Gasteiger partial charge is 0.240 e. The van der Waals surface area contributed by atoms with Gasteiger partial charge < -0.3 is 16.2 Å². The van der Waals surface area contributed by atoms with Crippen molar-refractivity contribution < 1.29 is 14.7 Å². The number of phenolic OH excluding ortho intramolecular Hbond substituents is 1. The van der Waals surface area contributed by atoms with Crippen LogP contribution in [-0.2, 0) is 21.4 Å². The minimum atomic E-state index is -0.801. The van der Waals surface area contributed by atoms with Crippen molar-refractivity contribution in [2.75, 3.05) is 11.6 Å². The number of amides is 2. The Hall–Kier alpha value is -4.46. The van der Waals surface area contributed by atoms with Crippen molar-refractivity contribution in [3.8, 4) is 5.75 Å². The van der Waals surface area contributed by atoms with Crippen LogP contribution in [0.3, 0.4) is 0 Å². The molecule has 8 heteroatoms. The summed E-state index contributed by atoms with van der Waals surface area (Å²) in [5, 5.41) is 19.2. The fourth-order valence-corrected chi connectivity index (χ4v) is 4.72. The third-order valence-electron chi connectivity index (χ3n) is 7.14. The topological polar surface area (TPSA) is 121 Å². The highest BCUT2D eigenvalue weighted by Gasteiger charge is 2.20. The quantitative estimate of drug-likeness (QED) is 0.288. The Morgan fingerprint density at radius 3 is 2.32 bits per heavy atom. The van der Waals surface area contributed by atoms with Crippen LogP contribution in [0.4, 0.5) is 5.69 Å². The molecule has 1 unspecified atom stereocenters. The van der Waals surface area contributed by atoms with Crippen LogP contribution in [0, 0.1) is 0 Å². The number of hydrogen-bond acceptors (Lipinski definition) is 6. The molecule has 2 amide bonds. The number of carbonyl (C=O) groups is 2. The number of anilines is 1. The van der Waals surface area contributed by atoms with Crippen molar-refractivity contribution in [1.29, 1.82) is 0 Å². The molecule has 1 aliphatic heterocycles. The highest BCUT2D eigenvalue weighted by molar-refractivity contribution is 6.10. The average Bonchev–Trinajstić information content (AvgIpc) is 2.96. The van der Waals surface area contributed by atoms with Crippen molar-refractivity contribution >= 4 is 23.2 Å².